The first kappa shape index (κ1) is 7.73. The van der Waals surface area contributed by atoms with Crippen LogP contribution in [0.15, 0.2) is 0 Å². The molecule has 0 aromatic heterocycles. The predicted octanol–water partition coefficient (Wildman–Crippen LogP) is 0.916. The number of aldehydes is 1. The van der Waals surface area contributed by atoms with E-state index in [0.717, 1.165) is 19.4 Å². The highest BCUT2D eigenvalue weighted by Crippen LogP contribution is 2.23. The van der Waals surface area contributed by atoms with E-state index in [9.17, 15) is 4.79 Å². The van der Waals surface area contributed by atoms with E-state index in [1.54, 1.807) is 0 Å². The zero-order valence-corrected chi connectivity index (χ0v) is 6.92. The lowest BCUT2D eigenvalue weighted by Crippen LogP contribution is -2.56. The predicted molar refractivity (Wildman–Crippen MR) is 40.9 cm³/mol. The molecule has 0 aromatic rings. The van der Waals surface area contributed by atoms with Crippen molar-refractivity contribution in [2.24, 2.45) is 5.92 Å². The van der Waals surface area contributed by atoms with Crippen LogP contribution in [0.3, 0.4) is 0 Å². The fourth-order valence-electron chi connectivity index (χ4n) is 1.15. The van der Waals surface area contributed by atoms with Gasteiger partial charge in [0, 0.05) is 24.5 Å². The molecule has 58 valence electrons. The SMILES string of the molecule is CC(C)(C)N1CC(C=O)C1. The van der Waals surface area contributed by atoms with Crippen molar-refractivity contribution in [3.8, 4) is 0 Å². The molecule has 0 bridgehead atoms. The standard InChI is InChI=1S/C8H15NO/c1-8(2,3)9-4-7(5-9)6-10/h6-7H,4-5H2,1-3H3. The van der Waals surface area contributed by atoms with Crippen LogP contribution < -0.4 is 0 Å². The zero-order valence-electron chi connectivity index (χ0n) is 6.92. The Morgan fingerprint density at radius 1 is 1.40 bits per heavy atom. The van der Waals surface area contributed by atoms with Crippen LogP contribution in [0, 0.1) is 5.92 Å². The fraction of sp³-hybridized carbons (Fsp3) is 0.875. The average Bonchev–Trinajstić information content (AvgIpc) is 1.57. The van der Waals surface area contributed by atoms with Gasteiger partial charge >= 0.3 is 0 Å². The van der Waals surface area contributed by atoms with Crippen LogP contribution in [0.2, 0.25) is 0 Å². The van der Waals surface area contributed by atoms with E-state index >= 15 is 0 Å². The molecule has 2 heteroatoms. The smallest absolute Gasteiger partial charge is 0.125 e. The summed E-state index contributed by atoms with van der Waals surface area (Å²) in [6.45, 7) is 8.43. The van der Waals surface area contributed by atoms with Gasteiger partial charge in [-0.2, -0.15) is 0 Å². The van der Waals surface area contributed by atoms with Crippen LogP contribution in [-0.4, -0.2) is 29.8 Å². The summed E-state index contributed by atoms with van der Waals surface area (Å²) in [7, 11) is 0. The van der Waals surface area contributed by atoms with Gasteiger partial charge in [-0.25, -0.2) is 0 Å². The molecular weight excluding hydrogens is 126 g/mol. The maximum atomic E-state index is 10.2. The molecule has 0 saturated carbocycles. The summed E-state index contributed by atoms with van der Waals surface area (Å²) in [5, 5.41) is 0. The minimum absolute atomic E-state index is 0.250. The largest absolute Gasteiger partial charge is 0.303 e. The number of carbonyl (C=O) groups is 1. The van der Waals surface area contributed by atoms with E-state index in [-0.39, 0.29) is 5.54 Å². The number of rotatable bonds is 1. The third-order valence-electron chi connectivity index (χ3n) is 2.05. The summed E-state index contributed by atoms with van der Waals surface area (Å²) in [5.74, 6) is 0.305. The number of likely N-dealkylation sites (tertiary alicyclic amines) is 1. The lowest BCUT2D eigenvalue weighted by atomic mass is 9.94. The van der Waals surface area contributed by atoms with Gasteiger partial charge < -0.3 is 4.79 Å². The lowest BCUT2D eigenvalue weighted by Gasteiger charge is -2.45. The van der Waals surface area contributed by atoms with Crippen molar-refractivity contribution in [3.05, 3.63) is 0 Å². The van der Waals surface area contributed by atoms with Gasteiger partial charge in [-0.05, 0) is 20.8 Å². The van der Waals surface area contributed by atoms with Crippen LogP contribution in [0.4, 0.5) is 0 Å². The molecule has 0 amide bonds. The number of nitrogens with zero attached hydrogens (tertiary/aromatic N) is 1. The van der Waals surface area contributed by atoms with Crippen molar-refractivity contribution in [2.75, 3.05) is 13.1 Å². The van der Waals surface area contributed by atoms with Gasteiger partial charge in [0.05, 0.1) is 0 Å². The normalized spacial score (nSPS) is 22.3. The molecule has 2 nitrogen and oxygen atoms in total. The molecule has 0 aliphatic carbocycles. The third kappa shape index (κ3) is 1.37. The fourth-order valence-corrected chi connectivity index (χ4v) is 1.15. The van der Waals surface area contributed by atoms with Gasteiger partial charge in [-0.15, -0.1) is 0 Å². The van der Waals surface area contributed by atoms with E-state index in [2.05, 4.69) is 25.7 Å². The summed E-state index contributed by atoms with van der Waals surface area (Å²) >= 11 is 0. The minimum Gasteiger partial charge on any atom is -0.303 e. The van der Waals surface area contributed by atoms with E-state index in [4.69, 9.17) is 0 Å². The highest BCUT2D eigenvalue weighted by Gasteiger charge is 2.33. The molecule has 1 aliphatic rings. The van der Waals surface area contributed by atoms with Crippen LogP contribution in [0.1, 0.15) is 20.8 Å². The van der Waals surface area contributed by atoms with Crippen LogP contribution in [0.25, 0.3) is 0 Å². The van der Waals surface area contributed by atoms with Gasteiger partial charge in [0.25, 0.3) is 0 Å². The number of hydrogen-bond donors (Lipinski definition) is 0. The van der Waals surface area contributed by atoms with Gasteiger partial charge in [-0.1, -0.05) is 0 Å². The van der Waals surface area contributed by atoms with E-state index in [1.165, 1.54) is 0 Å². The Bertz CT molecular complexity index is 131. The van der Waals surface area contributed by atoms with E-state index in [0.29, 0.717) is 5.92 Å². The molecule has 10 heavy (non-hydrogen) atoms. The molecule has 1 rings (SSSR count). The Balaban J connectivity index is 2.32. The minimum atomic E-state index is 0.250. The summed E-state index contributed by atoms with van der Waals surface area (Å²) < 4.78 is 0. The van der Waals surface area contributed by atoms with E-state index in [1.807, 2.05) is 0 Å². The summed E-state index contributed by atoms with van der Waals surface area (Å²) in [4.78, 5) is 12.5. The molecule has 0 N–H and O–H groups in total. The second-order valence-electron chi connectivity index (χ2n) is 3.97. The van der Waals surface area contributed by atoms with Crippen molar-refractivity contribution in [3.63, 3.8) is 0 Å². The Morgan fingerprint density at radius 2 is 1.90 bits per heavy atom. The van der Waals surface area contributed by atoms with Gasteiger partial charge in [0.2, 0.25) is 0 Å². The molecule has 1 saturated heterocycles. The Kier molecular flexibility index (Phi) is 1.82. The average molecular weight is 141 g/mol. The van der Waals surface area contributed by atoms with Gasteiger partial charge in [-0.3, -0.25) is 4.90 Å². The second-order valence-corrected chi connectivity index (χ2v) is 3.97. The molecular formula is C8H15NO. The van der Waals surface area contributed by atoms with Crippen LogP contribution >= 0.6 is 0 Å². The zero-order chi connectivity index (χ0) is 7.78. The molecule has 0 unspecified atom stereocenters. The third-order valence-corrected chi connectivity index (χ3v) is 2.05. The Labute approximate surface area is 62.2 Å². The molecule has 0 atom stereocenters. The van der Waals surface area contributed by atoms with Crippen LogP contribution in [0.5, 0.6) is 0 Å². The first-order valence-electron chi connectivity index (χ1n) is 3.74. The van der Waals surface area contributed by atoms with Crippen molar-refractivity contribution >= 4 is 6.29 Å². The highest BCUT2D eigenvalue weighted by atomic mass is 16.1. The maximum Gasteiger partial charge on any atom is 0.125 e. The molecule has 1 fully saturated rings. The maximum absolute atomic E-state index is 10.2. The monoisotopic (exact) mass is 141 g/mol. The van der Waals surface area contributed by atoms with Gasteiger partial charge in [0.15, 0.2) is 0 Å². The molecule has 0 spiro atoms. The van der Waals surface area contributed by atoms with E-state index < -0.39 is 0 Å². The topological polar surface area (TPSA) is 20.3 Å². The molecule has 1 aliphatic heterocycles. The van der Waals surface area contributed by atoms with Crippen molar-refractivity contribution in [1.29, 1.82) is 0 Å². The number of hydrogen-bond acceptors (Lipinski definition) is 2. The second kappa shape index (κ2) is 2.35. The summed E-state index contributed by atoms with van der Waals surface area (Å²) in [6.07, 6.45) is 1.06. The van der Waals surface area contributed by atoms with Gasteiger partial charge in [0.1, 0.15) is 6.29 Å². The highest BCUT2D eigenvalue weighted by molar-refractivity contribution is 5.55. The lowest BCUT2D eigenvalue weighted by molar-refractivity contribution is -0.118. The first-order chi connectivity index (χ1) is 4.54. The molecule has 0 radical (unpaired) electrons. The Morgan fingerprint density at radius 3 is 2.20 bits per heavy atom. The quantitative estimate of drug-likeness (QED) is 0.506. The van der Waals surface area contributed by atoms with Crippen molar-refractivity contribution in [2.45, 2.75) is 26.3 Å². The summed E-state index contributed by atoms with van der Waals surface area (Å²) in [6, 6.07) is 0. The summed E-state index contributed by atoms with van der Waals surface area (Å²) in [5.41, 5.74) is 0.250. The van der Waals surface area contributed by atoms with Crippen molar-refractivity contribution in [1.82, 2.24) is 4.90 Å². The Hall–Kier alpha value is -0.370. The van der Waals surface area contributed by atoms with Crippen LogP contribution in [-0.2, 0) is 4.79 Å². The first-order valence-corrected chi connectivity index (χ1v) is 3.74. The number of carbonyl (C=O) groups excluding carboxylic acids is 1. The molecule has 1 heterocycles. The molecule has 0 aromatic carbocycles. The van der Waals surface area contributed by atoms with Crippen molar-refractivity contribution < 1.29 is 4.79 Å².